The van der Waals surface area contributed by atoms with Crippen LogP contribution < -0.4 is 0 Å². The highest BCUT2D eigenvalue weighted by Crippen LogP contribution is 2.22. The molecule has 0 aliphatic carbocycles. The van der Waals surface area contributed by atoms with Crippen LogP contribution in [0.25, 0.3) is 10.2 Å². The third-order valence-electron chi connectivity index (χ3n) is 1.63. The van der Waals surface area contributed by atoms with E-state index in [9.17, 15) is 0 Å². The zero-order valence-electron chi connectivity index (χ0n) is 6.23. The molecule has 0 radical (unpaired) electrons. The monoisotopic (exact) mass is 213 g/mol. The average Bonchev–Trinajstić information content (AvgIpc) is 2.51. The van der Waals surface area contributed by atoms with E-state index in [1.165, 1.54) is 10.3 Å². The van der Waals surface area contributed by atoms with Crippen LogP contribution in [-0.2, 0) is 5.75 Å². The summed E-state index contributed by atoms with van der Waals surface area (Å²) in [5.74, 6) is 0.955. The van der Waals surface area contributed by atoms with Crippen LogP contribution in [0.5, 0.6) is 0 Å². The quantitative estimate of drug-likeness (QED) is 0.606. The molecule has 0 N–H and O–H groups in total. The van der Waals surface area contributed by atoms with Gasteiger partial charge >= 0.3 is 0 Å². The fourth-order valence-corrected chi connectivity index (χ4v) is 2.58. The van der Waals surface area contributed by atoms with E-state index in [-0.39, 0.29) is 0 Å². The first-order valence-corrected chi connectivity index (χ1v) is 6.40. The molecule has 1 heterocycles. The second-order valence-electron chi connectivity index (χ2n) is 2.43. The zero-order chi connectivity index (χ0) is 8.39. The van der Waals surface area contributed by atoms with Gasteiger partial charge in [0, 0.05) is 5.75 Å². The molecule has 2 aromatic rings. The van der Waals surface area contributed by atoms with Crippen LogP contribution >= 0.6 is 33.8 Å². The number of thiazole rings is 1. The van der Waals surface area contributed by atoms with Crippen LogP contribution in [0.3, 0.4) is 0 Å². The molecule has 0 saturated carbocycles. The molecule has 1 aromatic carbocycles. The van der Waals surface area contributed by atoms with Crippen molar-refractivity contribution in [2.75, 3.05) is 0 Å². The second-order valence-corrected chi connectivity index (χ2v) is 4.64. The Bertz CT molecular complexity index is 382. The van der Waals surface area contributed by atoms with E-state index >= 15 is 0 Å². The number of hydrogen-bond acceptors (Lipinski definition) is 4. The van der Waals surface area contributed by atoms with Crippen LogP contribution in [-0.4, -0.2) is 4.98 Å². The number of rotatable bonds is 2. The number of nitrogens with zero attached hydrogens (tertiary/aromatic N) is 1. The summed E-state index contributed by atoms with van der Waals surface area (Å²) in [6, 6.07) is 6.34. The average molecular weight is 213 g/mol. The predicted molar refractivity (Wildman–Crippen MR) is 59.9 cm³/mol. The first-order chi connectivity index (χ1) is 5.90. The molecule has 0 bridgehead atoms. The van der Waals surface area contributed by atoms with Crippen molar-refractivity contribution < 1.29 is 0 Å². The smallest absolute Gasteiger partial charge is 0.0812 e. The second kappa shape index (κ2) is 3.68. The lowest BCUT2D eigenvalue weighted by atomic mass is 10.2. The van der Waals surface area contributed by atoms with Crippen LogP contribution in [0.2, 0.25) is 0 Å². The van der Waals surface area contributed by atoms with Gasteiger partial charge in [0.2, 0.25) is 0 Å². The molecule has 1 nitrogen and oxygen atoms in total. The van der Waals surface area contributed by atoms with E-state index < -0.39 is 0 Å². The lowest BCUT2D eigenvalue weighted by Gasteiger charge is -1.95. The number of aromatic nitrogens is 1. The Labute approximate surface area is 84.0 Å². The van der Waals surface area contributed by atoms with Crippen molar-refractivity contribution in [3.8, 4) is 0 Å². The van der Waals surface area contributed by atoms with Gasteiger partial charge in [-0.05, 0) is 17.7 Å². The minimum Gasteiger partial charge on any atom is -0.245 e. The topological polar surface area (TPSA) is 12.9 Å². The number of fused-ring (bicyclic) bond motifs is 1. The maximum Gasteiger partial charge on any atom is 0.0812 e. The van der Waals surface area contributed by atoms with Gasteiger partial charge in [-0.1, -0.05) is 16.9 Å². The van der Waals surface area contributed by atoms with Crippen LogP contribution in [0.4, 0.5) is 0 Å². The standard InChI is InChI=1S/C8H7NS3/c10-12-4-6-1-2-7-8(3-6)11-5-9-7/h1-3,5,10H,4H2. The molecule has 0 fully saturated rings. The van der Waals surface area contributed by atoms with E-state index in [0.717, 1.165) is 11.3 Å². The largest absolute Gasteiger partial charge is 0.245 e. The molecule has 0 unspecified atom stereocenters. The summed E-state index contributed by atoms with van der Waals surface area (Å²) < 4.78 is 1.26. The summed E-state index contributed by atoms with van der Waals surface area (Å²) in [4.78, 5) is 4.21. The third kappa shape index (κ3) is 1.60. The molecule has 0 spiro atoms. The van der Waals surface area contributed by atoms with Crippen molar-refractivity contribution in [1.29, 1.82) is 0 Å². The molecule has 0 atom stereocenters. The maximum absolute atomic E-state index is 4.21. The highest BCUT2D eigenvalue weighted by molar-refractivity contribution is 8.68. The van der Waals surface area contributed by atoms with Crippen molar-refractivity contribution in [2.45, 2.75) is 5.75 Å². The maximum atomic E-state index is 4.21. The van der Waals surface area contributed by atoms with Crippen LogP contribution in [0.1, 0.15) is 5.56 Å². The highest BCUT2D eigenvalue weighted by Gasteiger charge is 1.97. The molecule has 0 amide bonds. The van der Waals surface area contributed by atoms with Gasteiger partial charge in [0.15, 0.2) is 0 Å². The predicted octanol–water partition coefficient (Wildman–Crippen LogP) is 3.37. The van der Waals surface area contributed by atoms with Gasteiger partial charge in [0.05, 0.1) is 15.7 Å². The molecule has 0 aliphatic heterocycles. The third-order valence-corrected chi connectivity index (χ3v) is 3.27. The highest BCUT2D eigenvalue weighted by atomic mass is 33.1. The minimum atomic E-state index is 0.955. The Kier molecular flexibility index (Phi) is 2.58. The molecule has 0 aliphatic rings. The van der Waals surface area contributed by atoms with Crippen molar-refractivity contribution in [2.24, 2.45) is 0 Å². The summed E-state index contributed by atoms with van der Waals surface area (Å²) in [6.45, 7) is 0. The van der Waals surface area contributed by atoms with Gasteiger partial charge < -0.3 is 0 Å². The van der Waals surface area contributed by atoms with E-state index in [1.807, 2.05) is 5.51 Å². The number of thiol groups is 1. The van der Waals surface area contributed by atoms with Gasteiger partial charge in [0.25, 0.3) is 0 Å². The molecular formula is C8H7NS3. The lowest BCUT2D eigenvalue weighted by Crippen LogP contribution is -1.76. The summed E-state index contributed by atoms with van der Waals surface area (Å²) in [5, 5.41) is 0. The first kappa shape index (κ1) is 8.41. The SMILES string of the molecule is SSCc1ccc2ncsc2c1. The molecule has 12 heavy (non-hydrogen) atoms. The lowest BCUT2D eigenvalue weighted by molar-refractivity contribution is 1.43. The van der Waals surface area contributed by atoms with Crippen molar-refractivity contribution in [3.63, 3.8) is 0 Å². The van der Waals surface area contributed by atoms with Gasteiger partial charge in [-0.2, -0.15) is 0 Å². The Morgan fingerprint density at radius 3 is 3.25 bits per heavy atom. The van der Waals surface area contributed by atoms with E-state index in [0.29, 0.717) is 0 Å². The van der Waals surface area contributed by atoms with Crippen molar-refractivity contribution >= 4 is 44.0 Å². The van der Waals surface area contributed by atoms with Gasteiger partial charge in [-0.25, -0.2) is 4.98 Å². The van der Waals surface area contributed by atoms with Crippen molar-refractivity contribution in [1.82, 2.24) is 4.98 Å². The fraction of sp³-hybridized carbons (Fsp3) is 0.125. The van der Waals surface area contributed by atoms with Crippen molar-refractivity contribution in [3.05, 3.63) is 29.3 Å². The minimum absolute atomic E-state index is 0.955. The first-order valence-electron chi connectivity index (χ1n) is 3.48. The summed E-state index contributed by atoms with van der Waals surface area (Å²) in [7, 11) is 1.54. The Morgan fingerprint density at radius 2 is 2.42 bits per heavy atom. The van der Waals surface area contributed by atoms with E-state index in [2.05, 4.69) is 34.8 Å². The summed E-state index contributed by atoms with van der Waals surface area (Å²) in [6.07, 6.45) is 0. The number of hydrogen-bond donors (Lipinski definition) is 1. The normalized spacial score (nSPS) is 10.8. The van der Waals surface area contributed by atoms with E-state index in [4.69, 9.17) is 0 Å². The molecule has 0 saturated heterocycles. The molecule has 2 rings (SSSR count). The Morgan fingerprint density at radius 1 is 1.50 bits per heavy atom. The van der Waals surface area contributed by atoms with Crippen LogP contribution in [0.15, 0.2) is 23.7 Å². The zero-order valence-corrected chi connectivity index (χ0v) is 8.75. The molecule has 62 valence electrons. The number of benzene rings is 1. The Balaban J connectivity index is 2.46. The van der Waals surface area contributed by atoms with Gasteiger partial charge in [-0.15, -0.1) is 23.0 Å². The molecule has 1 aromatic heterocycles. The molecule has 4 heteroatoms. The van der Waals surface area contributed by atoms with Gasteiger partial charge in [-0.3, -0.25) is 0 Å². The Hall–Kier alpha value is -0.190. The van der Waals surface area contributed by atoms with E-state index in [1.54, 1.807) is 22.1 Å². The summed E-state index contributed by atoms with van der Waals surface area (Å²) >= 11 is 5.80. The fourth-order valence-electron chi connectivity index (χ4n) is 1.06. The van der Waals surface area contributed by atoms with Gasteiger partial charge in [0.1, 0.15) is 0 Å². The van der Waals surface area contributed by atoms with Crippen LogP contribution in [0, 0.1) is 0 Å². The molecular weight excluding hydrogens is 206 g/mol. The summed E-state index contributed by atoms with van der Waals surface area (Å²) in [5.41, 5.74) is 4.28.